The number of rotatable bonds is 4. The summed E-state index contributed by atoms with van der Waals surface area (Å²) in [5, 5.41) is 0. The molecule has 1 nitrogen and oxygen atoms in total. The highest BCUT2D eigenvalue weighted by atomic mass is 79.9. The van der Waals surface area contributed by atoms with Gasteiger partial charge in [-0.1, -0.05) is 131 Å². The zero-order chi connectivity index (χ0) is 30.0. The van der Waals surface area contributed by atoms with Gasteiger partial charge in [0, 0.05) is 21.5 Å². The lowest BCUT2D eigenvalue weighted by Crippen LogP contribution is -2.25. The monoisotopic (exact) mass is 637 g/mol. The quantitative estimate of drug-likeness (QED) is 0.185. The standard InChI is InChI=1S/C43H28BrN/c44-31-22-26-38-37-25-21-30(29-19-23-34(24-20-29)45(32-11-3-1-4-12-32)33-13-5-2-6-14-33)27-41(37)43(42(38)28-31)39-17-9-7-15-35(39)36-16-8-10-18-40(36)43/h1-28H. The lowest BCUT2D eigenvalue weighted by atomic mass is 9.70. The molecule has 0 unspecified atom stereocenters. The van der Waals surface area contributed by atoms with Crippen molar-refractivity contribution in [2.75, 3.05) is 4.90 Å². The molecule has 212 valence electrons. The van der Waals surface area contributed by atoms with Gasteiger partial charge in [-0.3, -0.25) is 0 Å². The Kier molecular flexibility index (Phi) is 5.94. The fourth-order valence-electron chi connectivity index (χ4n) is 7.70. The number of halogens is 1. The zero-order valence-electron chi connectivity index (χ0n) is 24.5. The molecule has 1 spiro atoms. The third-order valence-electron chi connectivity index (χ3n) is 9.54. The van der Waals surface area contributed by atoms with Crippen LogP contribution in [0.25, 0.3) is 33.4 Å². The second-order valence-corrected chi connectivity index (χ2v) is 12.8. The lowest BCUT2D eigenvalue weighted by Gasteiger charge is -2.31. The SMILES string of the molecule is Brc1ccc2c(c1)C1(c3ccccc3-c3ccccc31)c1cc(-c3ccc(N(c4ccccc4)c4ccccc4)cc3)ccc1-2. The Balaban J connectivity index is 1.21. The summed E-state index contributed by atoms with van der Waals surface area (Å²) < 4.78 is 1.10. The smallest absolute Gasteiger partial charge is 0.0726 e. The first kappa shape index (κ1) is 26.2. The Morgan fingerprint density at radius 2 is 0.800 bits per heavy atom. The first-order valence-corrected chi connectivity index (χ1v) is 16.2. The molecule has 9 rings (SSSR count). The van der Waals surface area contributed by atoms with Gasteiger partial charge in [0.05, 0.1) is 5.41 Å². The molecule has 0 fully saturated rings. The van der Waals surface area contributed by atoms with Crippen molar-refractivity contribution in [3.05, 3.63) is 197 Å². The lowest BCUT2D eigenvalue weighted by molar-refractivity contribution is 0.793. The number of benzene rings is 7. The summed E-state index contributed by atoms with van der Waals surface area (Å²) in [7, 11) is 0. The summed E-state index contributed by atoms with van der Waals surface area (Å²) in [4.78, 5) is 2.31. The van der Waals surface area contributed by atoms with E-state index in [0.29, 0.717) is 0 Å². The molecule has 0 atom stereocenters. The molecule has 0 heterocycles. The molecule has 7 aromatic rings. The van der Waals surface area contributed by atoms with Crippen molar-refractivity contribution in [2.24, 2.45) is 0 Å². The van der Waals surface area contributed by atoms with Gasteiger partial charge in [0.1, 0.15) is 0 Å². The van der Waals surface area contributed by atoms with Gasteiger partial charge in [-0.25, -0.2) is 0 Å². The van der Waals surface area contributed by atoms with Gasteiger partial charge in [0.25, 0.3) is 0 Å². The van der Waals surface area contributed by atoms with Crippen LogP contribution >= 0.6 is 15.9 Å². The summed E-state index contributed by atoms with van der Waals surface area (Å²) in [5.41, 5.74) is 16.1. The summed E-state index contributed by atoms with van der Waals surface area (Å²) in [6.07, 6.45) is 0. The van der Waals surface area contributed by atoms with Crippen LogP contribution in [0.1, 0.15) is 22.3 Å². The second-order valence-electron chi connectivity index (χ2n) is 11.8. The number of anilines is 3. The Morgan fingerprint density at radius 1 is 0.356 bits per heavy atom. The van der Waals surface area contributed by atoms with Crippen LogP contribution in [0.4, 0.5) is 17.1 Å². The van der Waals surface area contributed by atoms with Crippen LogP contribution in [-0.4, -0.2) is 0 Å². The number of fused-ring (bicyclic) bond motifs is 10. The van der Waals surface area contributed by atoms with Crippen molar-refractivity contribution >= 4 is 33.0 Å². The number of hydrogen-bond acceptors (Lipinski definition) is 1. The van der Waals surface area contributed by atoms with Gasteiger partial charge in [-0.05, 0) is 110 Å². The van der Waals surface area contributed by atoms with Crippen LogP contribution in [0.2, 0.25) is 0 Å². The summed E-state index contributed by atoms with van der Waals surface area (Å²) >= 11 is 3.82. The van der Waals surface area contributed by atoms with E-state index in [1.54, 1.807) is 0 Å². The van der Waals surface area contributed by atoms with E-state index < -0.39 is 0 Å². The van der Waals surface area contributed by atoms with Crippen LogP contribution < -0.4 is 4.90 Å². The Morgan fingerprint density at radius 3 is 1.40 bits per heavy atom. The molecule has 2 heteroatoms. The molecule has 2 aliphatic carbocycles. The van der Waals surface area contributed by atoms with E-state index in [9.17, 15) is 0 Å². The Hall–Kier alpha value is -5.18. The maximum absolute atomic E-state index is 3.82. The average molecular weight is 639 g/mol. The predicted molar refractivity (Wildman–Crippen MR) is 191 cm³/mol. The topological polar surface area (TPSA) is 3.24 Å². The highest BCUT2D eigenvalue weighted by Crippen LogP contribution is 2.63. The molecular formula is C43H28BrN. The Bertz CT molecular complexity index is 2130. The third kappa shape index (κ3) is 3.86. The largest absolute Gasteiger partial charge is 0.311 e. The van der Waals surface area contributed by atoms with E-state index in [4.69, 9.17) is 0 Å². The van der Waals surface area contributed by atoms with Gasteiger partial charge in [0.2, 0.25) is 0 Å². The maximum atomic E-state index is 3.82. The molecule has 7 aromatic carbocycles. The number of hydrogen-bond donors (Lipinski definition) is 0. The fraction of sp³-hybridized carbons (Fsp3) is 0.0233. The molecule has 0 N–H and O–H groups in total. The molecule has 0 saturated carbocycles. The predicted octanol–water partition coefficient (Wildman–Crippen LogP) is 11.9. The van der Waals surface area contributed by atoms with Gasteiger partial charge in [0.15, 0.2) is 0 Å². The second kappa shape index (κ2) is 10.2. The van der Waals surface area contributed by atoms with Gasteiger partial charge < -0.3 is 4.90 Å². The summed E-state index contributed by atoms with van der Waals surface area (Å²) in [6.45, 7) is 0. The fourth-order valence-corrected chi connectivity index (χ4v) is 8.06. The summed E-state index contributed by atoms with van der Waals surface area (Å²) in [5.74, 6) is 0. The maximum Gasteiger partial charge on any atom is 0.0726 e. The third-order valence-corrected chi connectivity index (χ3v) is 10.0. The number of para-hydroxylation sites is 2. The van der Waals surface area contributed by atoms with E-state index in [2.05, 4.69) is 191 Å². The van der Waals surface area contributed by atoms with Crippen molar-refractivity contribution in [1.82, 2.24) is 0 Å². The van der Waals surface area contributed by atoms with Crippen molar-refractivity contribution < 1.29 is 0 Å². The Labute approximate surface area is 272 Å². The molecule has 0 bridgehead atoms. The van der Waals surface area contributed by atoms with Crippen molar-refractivity contribution in [1.29, 1.82) is 0 Å². The normalized spacial score (nSPS) is 13.2. The highest BCUT2D eigenvalue weighted by Gasteiger charge is 2.51. The first-order valence-electron chi connectivity index (χ1n) is 15.4. The van der Waals surface area contributed by atoms with Crippen LogP contribution in [0.15, 0.2) is 174 Å². The van der Waals surface area contributed by atoms with E-state index in [-0.39, 0.29) is 5.41 Å². The van der Waals surface area contributed by atoms with Crippen molar-refractivity contribution in [2.45, 2.75) is 5.41 Å². The molecule has 0 aromatic heterocycles. The average Bonchev–Trinajstić information content (AvgIpc) is 3.56. The zero-order valence-corrected chi connectivity index (χ0v) is 26.1. The summed E-state index contributed by atoms with van der Waals surface area (Å²) in [6, 6.07) is 62.0. The van der Waals surface area contributed by atoms with Gasteiger partial charge in [-0.2, -0.15) is 0 Å². The minimum absolute atomic E-state index is 0.366. The molecule has 45 heavy (non-hydrogen) atoms. The minimum Gasteiger partial charge on any atom is -0.311 e. The first-order chi connectivity index (χ1) is 22.2. The molecule has 0 radical (unpaired) electrons. The van der Waals surface area contributed by atoms with Crippen LogP contribution in [0, 0.1) is 0 Å². The molecule has 2 aliphatic rings. The van der Waals surface area contributed by atoms with E-state index >= 15 is 0 Å². The minimum atomic E-state index is -0.366. The molecular weight excluding hydrogens is 610 g/mol. The van der Waals surface area contributed by atoms with Gasteiger partial charge in [-0.15, -0.1) is 0 Å². The van der Waals surface area contributed by atoms with Gasteiger partial charge >= 0.3 is 0 Å². The van der Waals surface area contributed by atoms with Crippen LogP contribution in [0.3, 0.4) is 0 Å². The molecule has 0 amide bonds. The van der Waals surface area contributed by atoms with Crippen LogP contribution in [0.5, 0.6) is 0 Å². The van der Waals surface area contributed by atoms with Crippen molar-refractivity contribution in [3.8, 4) is 33.4 Å². The van der Waals surface area contributed by atoms with E-state index in [1.807, 2.05) is 0 Å². The number of nitrogens with zero attached hydrogens (tertiary/aromatic N) is 1. The van der Waals surface area contributed by atoms with Crippen LogP contribution in [-0.2, 0) is 5.41 Å². The van der Waals surface area contributed by atoms with Crippen molar-refractivity contribution in [3.63, 3.8) is 0 Å². The highest BCUT2D eigenvalue weighted by molar-refractivity contribution is 9.10. The molecule has 0 saturated heterocycles. The van der Waals surface area contributed by atoms with E-state index in [1.165, 1.54) is 55.6 Å². The molecule has 0 aliphatic heterocycles. The van der Waals surface area contributed by atoms with E-state index in [0.717, 1.165) is 21.5 Å².